The van der Waals surface area contributed by atoms with Crippen molar-refractivity contribution in [3.8, 4) is 11.3 Å². The highest BCUT2D eigenvalue weighted by Crippen LogP contribution is 2.28. The highest BCUT2D eigenvalue weighted by Gasteiger charge is 2.20. The van der Waals surface area contributed by atoms with E-state index in [1.54, 1.807) is 23.2 Å². The minimum absolute atomic E-state index is 0.596. The number of H-pyrrole nitrogens is 1. The Morgan fingerprint density at radius 1 is 1.26 bits per heavy atom. The van der Waals surface area contributed by atoms with Crippen LogP contribution in [0.5, 0.6) is 0 Å². The lowest BCUT2D eigenvalue weighted by molar-refractivity contribution is 0.207. The van der Waals surface area contributed by atoms with Crippen molar-refractivity contribution in [3.05, 3.63) is 60.3 Å². The molecule has 5 heteroatoms. The average Bonchev–Trinajstić information content (AvgIpc) is 3.07. The maximum Gasteiger partial charge on any atom is 0.142 e. The largest absolute Gasteiger partial charge is 0.380 e. The van der Waals surface area contributed by atoms with Crippen LogP contribution in [-0.2, 0) is 7.05 Å². The molecule has 0 spiro atoms. The normalized spacial score (nSPS) is 12.5. The summed E-state index contributed by atoms with van der Waals surface area (Å²) in [7, 11) is 1.85. The minimum atomic E-state index is -0.797. The quantitative estimate of drug-likeness (QED) is 0.750. The Hall–Kier alpha value is -2.40. The van der Waals surface area contributed by atoms with Gasteiger partial charge in [-0.3, -0.25) is 5.10 Å². The van der Waals surface area contributed by atoms with Crippen molar-refractivity contribution in [3.63, 3.8) is 0 Å². The molecule has 2 heterocycles. The molecule has 3 rings (SSSR count). The summed E-state index contributed by atoms with van der Waals surface area (Å²) in [5, 5.41) is 17.4. The smallest absolute Gasteiger partial charge is 0.142 e. The molecule has 0 bridgehead atoms. The van der Waals surface area contributed by atoms with Crippen LogP contribution in [0, 0.1) is 0 Å². The van der Waals surface area contributed by atoms with Crippen molar-refractivity contribution in [1.82, 2.24) is 19.7 Å². The second kappa shape index (κ2) is 4.70. The third kappa shape index (κ3) is 2.04. The third-order valence-corrected chi connectivity index (χ3v) is 3.13. The number of nitrogens with one attached hydrogen (secondary N) is 1. The highest BCUT2D eigenvalue weighted by atomic mass is 16.3. The van der Waals surface area contributed by atoms with Gasteiger partial charge in [0.15, 0.2) is 0 Å². The van der Waals surface area contributed by atoms with Gasteiger partial charge in [-0.05, 0) is 5.56 Å². The Morgan fingerprint density at radius 2 is 2.05 bits per heavy atom. The number of hydrogen-bond acceptors (Lipinski definition) is 3. The fraction of sp³-hybridized carbons (Fsp3) is 0.143. The highest BCUT2D eigenvalue weighted by molar-refractivity contribution is 5.63. The number of imidazole rings is 1. The summed E-state index contributed by atoms with van der Waals surface area (Å²) in [4.78, 5) is 4.18. The van der Waals surface area contributed by atoms with Crippen LogP contribution >= 0.6 is 0 Å². The van der Waals surface area contributed by atoms with Crippen molar-refractivity contribution < 1.29 is 5.11 Å². The lowest BCUT2D eigenvalue weighted by Gasteiger charge is -2.11. The predicted octanol–water partition coefficient (Wildman–Crippen LogP) is 1.89. The van der Waals surface area contributed by atoms with Gasteiger partial charge in [0.2, 0.25) is 0 Å². The molecule has 2 aromatic heterocycles. The lowest BCUT2D eigenvalue weighted by Crippen LogP contribution is -2.07. The predicted molar refractivity (Wildman–Crippen MR) is 71.3 cm³/mol. The number of aromatic nitrogens is 4. The molecule has 96 valence electrons. The molecular weight excluding hydrogens is 240 g/mol. The van der Waals surface area contributed by atoms with Crippen LogP contribution < -0.4 is 0 Å². The second-order valence-electron chi connectivity index (χ2n) is 4.37. The van der Waals surface area contributed by atoms with Crippen LogP contribution in [0.3, 0.4) is 0 Å². The fourth-order valence-corrected chi connectivity index (χ4v) is 2.12. The Morgan fingerprint density at radius 3 is 2.74 bits per heavy atom. The van der Waals surface area contributed by atoms with E-state index >= 15 is 0 Å². The van der Waals surface area contributed by atoms with E-state index in [2.05, 4.69) is 15.2 Å². The summed E-state index contributed by atoms with van der Waals surface area (Å²) in [6, 6.07) is 9.80. The first-order chi connectivity index (χ1) is 9.27. The van der Waals surface area contributed by atoms with Crippen LogP contribution in [0.1, 0.15) is 17.5 Å². The molecular formula is C14H14N4O. The van der Waals surface area contributed by atoms with Crippen molar-refractivity contribution >= 4 is 0 Å². The van der Waals surface area contributed by atoms with Crippen molar-refractivity contribution in [2.45, 2.75) is 6.10 Å². The number of hydrogen-bond donors (Lipinski definition) is 2. The molecule has 0 aliphatic carbocycles. The molecule has 5 nitrogen and oxygen atoms in total. The minimum Gasteiger partial charge on any atom is -0.380 e. The first-order valence-corrected chi connectivity index (χ1v) is 6.01. The zero-order valence-electron chi connectivity index (χ0n) is 10.5. The maximum atomic E-state index is 10.4. The topological polar surface area (TPSA) is 66.7 Å². The zero-order chi connectivity index (χ0) is 13.2. The molecule has 0 aliphatic heterocycles. The van der Waals surface area contributed by atoms with E-state index in [0.29, 0.717) is 5.82 Å². The second-order valence-corrected chi connectivity index (χ2v) is 4.37. The molecule has 0 amide bonds. The van der Waals surface area contributed by atoms with Crippen molar-refractivity contribution in [2.24, 2.45) is 7.05 Å². The monoisotopic (exact) mass is 254 g/mol. The molecule has 0 radical (unpaired) electrons. The molecule has 0 saturated heterocycles. The number of rotatable bonds is 3. The lowest BCUT2D eigenvalue weighted by atomic mass is 10.0. The van der Waals surface area contributed by atoms with Gasteiger partial charge in [0.05, 0.1) is 11.9 Å². The summed E-state index contributed by atoms with van der Waals surface area (Å²) in [6.45, 7) is 0. The first-order valence-electron chi connectivity index (χ1n) is 6.01. The third-order valence-electron chi connectivity index (χ3n) is 3.13. The van der Waals surface area contributed by atoms with Crippen molar-refractivity contribution in [2.75, 3.05) is 0 Å². The van der Waals surface area contributed by atoms with Gasteiger partial charge in [0, 0.05) is 25.0 Å². The van der Waals surface area contributed by atoms with Gasteiger partial charge < -0.3 is 9.67 Å². The van der Waals surface area contributed by atoms with E-state index in [1.807, 2.05) is 37.4 Å². The Labute approximate surface area is 110 Å². The van der Waals surface area contributed by atoms with E-state index in [-0.39, 0.29) is 0 Å². The molecule has 1 unspecified atom stereocenters. The van der Waals surface area contributed by atoms with E-state index in [9.17, 15) is 5.11 Å². The van der Waals surface area contributed by atoms with Gasteiger partial charge in [-0.2, -0.15) is 5.10 Å². The van der Waals surface area contributed by atoms with Gasteiger partial charge in [0.1, 0.15) is 11.9 Å². The van der Waals surface area contributed by atoms with Gasteiger partial charge in [-0.1, -0.05) is 30.3 Å². The number of aliphatic hydroxyl groups excluding tert-OH is 1. The van der Waals surface area contributed by atoms with E-state index in [1.165, 1.54) is 0 Å². The SMILES string of the molecule is Cn1ccnc1C(O)c1cn[nH]c1-c1ccccc1. The summed E-state index contributed by atoms with van der Waals surface area (Å²) in [6.07, 6.45) is 4.32. The van der Waals surface area contributed by atoms with Crippen LogP contribution in [-0.4, -0.2) is 24.9 Å². The van der Waals surface area contributed by atoms with Crippen LogP contribution in [0.4, 0.5) is 0 Å². The number of benzene rings is 1. The van der Waals surface area contributed by atoms with Gasteiger partial charge in [0.25, 0.3) is 0 Å². The molecule has 0 fully saturated rings. The number of aliphatic hydroxyl groups is 1. The molecule has 1 atom stereocenters. The van der Waals surface area contributed by atoms with E-state index in [0.717, 1.165) is 16.8 Å². The Balaban J connectivity index is 2.04. The van der Waals surface area contributed by atoms with Crippen molar-refractivity contribution in [1.29, 1.82) is 0 Å². The molecule has 3 aromatic rings. The molecule has 19 heavy (non-hydrogen) atoms. The van der Waals surface area contributed by atoms with Crippen LogP contribution in [0.25, 0.3) is 11.3 Å². The van der Waals surface area contributed by atoms with E-state index in [4.69, 9.17) is 0 Å². The first kappa shape index (κ1) is 11.7. The standard InChI is InChI=1S/C14H14N4O/c1-18-8-7-15-14(18)13(19)11-9-16-17-12(11)10-5-3-2-4-6-10/h2-9,13,19H,1H3,(H,16,17). The number of nitrogens with zero attached hydrogens (tertiary/aromatic N) is 3. The van der Waals surface area contributed by atoms with Crippen LogP contribution in [0.2, 0.25) is 0 Å². The van der Waals surface area contributed by atoms with Gasteiger partial charge in [-0.15, -0.1) is 0 Å². The summed E-state index contributed by atoms with van der Waals surface area (Å²) >= 11 is 0. The summed E-state index contributed by atoms with van der Waals surface area (Å²) in [5.41, 5.74) is 2.53. The molecule has 1 aromatic carbocycles. The van der Waals surface area contributed by atoms with E-state index < -0.39 is 6.10 Å². The molecule has 0 aliphatic rings. The number of aromatic amines is 1. The van der Waals surface area contributed by atoms with Crippen LogP contribution in [0.15, 0.2) is 48.9 Å². The molecule has 2 N–H and O–H groups in total. The molecule has 0 saturated carbocycles. The van der Waals surface area contributed by atoms with Gasteiger partial charge >= 0.3 is 0 Å². The average molecular weight is 254 g/mol. The fourth-order valence-electron chi connectivity index (χ4n) is 2.12. The Bertz CT molecular complexity index is 672. The van der Waals surface area contributed by atoms with Gasteiger partial charge in [-0.25, -0.2) is 4.98 Å². The Kier molecular flexibility index (Phi) is 2.89. The number of aryl methyl sites for hydroxylation is 1. The summed E-state index contributed by atoms with van der Waals surface area (Å²) < 4.78 is 1.80. The zero-order valence-corrected chi connectivity index (χ0v) is 10.5. The summed E-state index contributed by atoms with van der Waals surface area (Å²) in [5.74, 6) is 0.596. The maximum absolute atomic E-state index is 10.4.